The maximum absolute atomic E-state index is 12.1. The molecule has 2 aliphatic rings. The third-order valence-corrected chi connectivity index (χ3v) is 4.69. The molecule has 0 aromatic heterocycles. The Morgan fingerprint density at radius 2 is 1.83 bits per heavy atom. The molecule has 2 rings (SSSR count). The molecule has 1 aliphatic heterocycles. The van der Waals surface area contributed by atoms with Crippen molar-refractivity contribution in [3.05, 3.63) is 0 Å². The number of hydrogen-bond donors (Lipinski definition) is 2. The molecular weight excluding hydrogens is 224 g/mol. The van der Waals surface area contributed by atoms with Crippen LogP contribution >= 0.6 is 0 Å². The second-order valence-electron chi connectivity index (χ2n) is 6.37. The molecule has 0 radical (unpaired) electrons. The van der Waals surface area contributed by atoms with Crippen LogP contribution in [0.5, 0.6) is 0 Å². The van der Waals surface area contributed by atoms with Gasteiger partial charge in [-0.15, -0.1) is 0 Å². The second kappa shape index (κ2) is 6.55. The molecule has 1 unspecified atom stereocenters. The van der Waals surface area contributed by atoms with Crippen molar-refractivity contribution < 1.29 is 4.79 Å². The first kappa shape index (κ1) is 13.9. The van der Waals surface area contributed by atoms with Crippen LogP contribution in [-0.2, 0) is 4.79 Å². The maximum Gasteiger partial charge on any atom is 0.237 e. The van der Waals surface area contributed by atoms with E-state index in [9.17, 15) is 4.79 Å². The molecule has 2 N–H and O–H groups in total. The van der Waals surface area contributed by atoms with E-state index in [0.29, 0.717) is 6.04 Å². The molecule has 18 heavy (non-hydrogen) atoms. The van der Waals surface area contributed by atoms with Crippen LogP contribution in [0, 0.1) is 11.8 Å². The molecule has 1 heterocycles. The summed E-state index contributed by atoms with van der Waals surface area (Å²) in [6, 6.07) is 0.498. The van der Waals surface area contributed by atoms with Gasteiger partial charge in [-0.2, -0.15) is 0 Å². The lowest BCUT2D eigenvalue weighted by atomic mass is 9.79. The largest absolute Gasteiger partial charge is 0.352 e. The lowest BCUT2D eigenvalue weighted by Crippen LogP contribution is -2.50. The van der Waals surface area contributed by atoms with Gasteiger partial charge in [-0.05, 0) is 56.9 Å². The van der Waals surface area contributed by atoms with Crippen LogP contribution in [0.15, 0.2) is 0 Å². The summed E-state index contributed by atoms with van der Waals surface area (Å²) in [4.78, 5) is 12.1. The van der Waals surface area contributed by atoms with Gasteiger partial charge in [0, 0.05) is 6.04 Å². The SMILES string of the molecule is CC(C)C1CCC(NC(=O)C2CCCCN2)CC1. The quantitative estimate of drug-likeness (QED) is 0.810. The van der Waals surface area contributed by atoms with E-state index in [4.69, 9.17) is 0 Å². The van der Waals surface area contributed by atoms with Gasteiger partial charge in [0.25, 0.3) is 0 Å². The van der Waals surface area contributed by atoms with Crippen molar-refractivity contribution in [2.75, 3.05) is 6.54 Å². The Bertz CT molecular complexity index is 264. The van der Waals surface area contributed by atoms with Gasteiger partial charge in [-0.1, -0.05) is 20.3 Å². The smallest absolute Gasteiger partial charge is 0.237 e. The number of hydrogen-bond acceptors (Lipinski definition) is 2. The van der Waals surface area contributed by atoms with Gasteiger partial charge in [-0.3, -0.25) is 4.79 Å². The molecule has 2 fully saturated rings. The molecule has 3 heteroatoms. The minimum Gasteiger partial charge on any atom is -0.352 e. The van der Waals surface area contributed by atoms with Crippen molar-refractivity contribution in [3.8, 4) is 0 Å². The number of piperidine rings is 1. The molecule has 1 saturated heterocycles. The predicted molar refractivity (Wildman–Crippen MR) is 74.4 cm³/mol. The van der Waals surface area contributed by atoms with Crippen molar-refractivity contribution in [3.63, 3.8) is 0 Å². The molecule has 1 aliphatic carbocycles. The van der Waals surface area contributed by atoms with E-state index in [1.807, 2.05) is 0 Å². The van der Waals surface area contributed by atoms with Crippen molar-refractivity contribution in [2.45, 2.75) is 70.9 Å². The third kappa shape index (κ3) is 3.71. The molecule has 0 aromatic carbocycles. The van der Waals surface area contributed by atoms with Crippen LogP contribution in [0.1, 0.15) is 58.8 Å². The molecule has 1 amide bonds. The van der Waals surface area contributed by atoms with E-state index in [1.165, 1.54) is 38.5 Å². The maximum atomic E-state index is 12.1. The van der Waals surface area contributed by atoms with Gasteiger partial charge < -0.3 is 10.6 Å². The first-order chi connectivity index (χ1) is 8.66. The van der Waals surface area contributed by atoms with Gasteiger partial charge in [0.15, 0.2) is 0 Å². The van der Waals surface area contributed by atoms with E-state index in [1.54, 1.807) is 0 Å². The van der Waals surface area contributed by atoms with Gasteiger partial charge in [0.1, 0.15) is 0 Å². The summed E-state index contributed by atoms with van der Waals surface area (Å²) in [5, 5.41) is 6.57. The lowest BCUT2D eigenvalue weighted by Gasteiger charge is -2.32. The van der Waals surface area contributed by atoms with Gasteiger partial charge in [-0.25, -0.2) is 0 Å². The summed E-state index contributed by atoms with van der Waals surface area (Å²) in [6.45, 7) is 5.63. The topological polar surface area (TPSA) is 41.1 Å². The lowest BCUT2D eigenvalue weighted by molar-refractivity contribution is -0.124. The Kier molecular flexibility index (Phi) is 5.04. The van der Waals surface area contributed by atoms with Crippen molar-refractivity contribution >= 4 is 5.91 Å². The zero-order valence-corrected chi connectivity index (χ0v) is 11.9. The summed E-state index contributed by atoms with van der Waals surface area (Å²) in [6.07, 6.45) is 8.30. The van der Waals surface area contributed by atoms with E-state index in [-0.39, 0.29) is 11.9 Å². The molecule has 104 valence electrons. The number of carbonyl (C=O) groups is 1. The van der Waals surface area contributed by atoms with E-state index < -0.39 is 0 Å². The minimum atomic E-state index is 0.0709. The van der Waals surface area contributed by atoms with Gasteiger partial charge in [0.05, 0.1) is 6.04 Å². The molecule has 1 atom stereocenters. The monoisotopic (exact) mass is 252 g/mol. The normalized spacial score (nSPS) is 33.4. The van der Waals surface area contributed by atoms with Gasteiger partial charge in [0.2, 0.25) is 5.91 Å². The van der Waals surface area contributed by atoms with Crippen LogP contribution in [0.2, 0.25) is 0 Å². The van der Waals surface area contributed by atoms with Crippen molar-refractivity contribution in [2.24, 2.45) is 11.8 Å². The second-order valence-corrected chi connectivity index (χ2v) is 6.37. The molecule has 1 saturated carbocycles. The summed E-state index contributed by atoms with van der Waals surface area (Å²) in [5.74, 6) is 1.90. The predicted octanol–water partition coefficient (Wildman–Crippen LogP) is 2.46. The van der Waals surface area contributed by atoms with Crippen molar-refractivity contribution in [1.82, 2.24) is 10.6 Å². The van der Waals surface area contributed by atoms with E-state index in [2.05, 4.69) is 24.5 Å². The van der Waals surface area contributed by atoms with Gasteiger partial charge >= 0.3 is 0 Å². The Hall–Kier alpha value is -0.570. The first-order valence-corrected chi connectivity index (χ1v) is 7.70. The Labute approximate surface area is 111 Å². The number of carbonyl (C=O) groups excluding carboxylic acids is 1. The summed E-state index contributed by atoms with van der Waals surface area (Å²) in [7, 11) is 0. The first-order valence-electron chi connectivity index (χ1n) is 7.70. The fourth-order valence-corrected chi connectivity index (χ4v) is 3.31. The van der Waals surface area contributed by atoms with Crippen LogP contribution in [0.4, 0.5) is 0 Å². The zero-order chi connectivity index (χ0) is 13.0. The standard InChI is InChI=1S/C15H28N2O/c1-11(2)12-6-8-13(9-7-12)17-15(18)14-5-3-4-10-16-14/h11-14,16H,3-10H2,1-2H3,(H,17,18). The highest BCUT2D eigenvalue weighted by atomic mass is 16.2. The highest BCUT2D eigenvalue weighted by Crippen LogP contribution is 2.29. The van der Waals surface area contributed by atoms with Crippen LogP contribution in [-0.4, -0.2) is 24.5 Å². The molecular formula is C15H28N2O. The highest BCUT2D eigenvalue weighted by molar-refractivity contribution is 5.82. The number of nitrogens with one attached hydrogen (secondary N) is 2. The van der Waals surface area contributed by atoms with Crippen LogP contribution in [0.25, 0.3) is 0 Å². The number of amides is 1. The third-order valence-electron chi connectivity index (χ3n) is 4.69. The number of rotatable bonds is 3. The zero-order valence-electron chi connectivity index (χ0n) is 11.9. The molecule has 0 aromatic rings. The Morgan fingerprint density at radius 1 is 1.11 bits per heavy atom. The minimum absolute atomic E-state index is 0.0709. The average Bonchev–Trinajstić information content (AvgIpc) is 2.40. The van der Waals surface area contributed by atoms with E-state index >= 15 is 0 Å². The molecule has 0 bridgehead atoms. The van der Waals surface area contributed by atoms with Crippen molar-refractivity contribution in [1.29, 1.82) is 0 Å². The van der Waals surface area contributed by atoms with E-state index in [0.717, 1.165) is 24.8 Å². The summed E-state index contributed by atoms with van der Waals surface area (Å²) in [5.41, 5.74) is 0. The summed E-state index contributed by atoms with van der Waals surface area (Å²) < 4.78 is 0. The molecule has 0 spiro atoms. The highest BCUT2D eigenvalue weighted by Gasteiger charge is 2.27. The molecule has 3 nitrogen and oxygen atoms in total. The fourth-order valence-electron chi connectivity index (χ4n) is 3.31. The Balaban J connectivity index is 1.72. The van der Waals surface area contributed by atoms with Crippen LogP contribution < -0.4 is 10.6 Å². The Morgan fingerprint density at radius 3 is 2.39 bits per heavy atom. The fraction of sp³-hybridized carbons (Fsp3) is 0.933. The van der Waals surface area contributed by atoms with Crippen LogP contribution in [0.3, 0.4) is 0 Å². The average molecular weight is 252 g/mol. The summed E-state index contributed by atoms with van der Waals surface area (Å²) >= 11 is 0.